The minimum Gasteiger partial charge on any atom is -0.505 e. The Hall–Kier alpha value is -2.38. The number of rotatable bonds is 10. The lowest BCUT2D eigenvalue weighted by atomic mass is 10.1. The second-order valence-corrected chi connectivity index (χ2v) is 6.56. The highest BCUT2D eigenvalue weighted by Gasteiger charge is 2.17. The van der Waals surface area contributed by atoms with Crippen molar-refractivity contribution in [1.29, 1.82) is 0 Å². The molecule has 0 fully saturated rings. The van der Waals surface area contributed by atoms with Crippen LogP contribution in [0.2, 0.25) is 5.02 Å². The first kappa shape index (κ1) is 21.9. The molecule has 0 aliphatic carbocycles. The molecule has 152 valence electrons. The van der Waals surface area contributed by atoms with Gasteiger partial charge in [0, 0.05) is 36.8 Å². The number of benzene rings is 1. The van der Waals surface area contributed by atoms with E-state index in [4.69, 9.17) is 21.1 Å². The van der Waals surface area contributed by atoms with Gasteiger partial charge in [-0.15, -0.1) is 0 Å². The molecular weight excluding hydrogens is 384 g/mol. The van der Waals surface area contributed by atoms with E-state index in [0.29, 0.717) is 54.3 Å². The molecule has 8 heteroatoms. The van der Waals surface area contributed by atoms with Crippen molar-refractivity contribution in [3.63, 3.8) is 0 Å². The lowest BCUT2D eigenvalue weighted by molar-refractivity contribution is -0.143. The van der Waals surface area contributed by atoms with Gasteiger partial charge in [0.05, 0.1) is 31.1 Å². The predicted molar refractivity (Wildman–Crippen MR) is 106 cm³/mol. The second kappa shape index (κ2) is 10.8. The van der Waals surface area contributed by atoms with E-state index in [-0.39, 0.29) is 30.5 Å². The molecule has 0 atom stereocenters. The fourth-order valence-electron chi connectivity index (χ4n) is 2.83. The lowest BCUT2D eigenvalue weighted by Crippen LogP contribution is -2.29. The zero-order valence-corrected chi connectivity index (χ0v) is 16.9. The number of aromatic hydroxyl groups is 1. The van der Waals surface area contributed by atoms with Crippen LogP contribution < -0.4 is 0 Å². The molecule has 28 heavy (non-hydrogen) atoms. The van der Waals surface area contributed by atoms with Crippen LogP contribution in [0.5, 0.6) is 5.75 Å². The van der Waals surface area contributed by atoms with Gasteiger partial charge in [-0.1, -0.05) is 11.6 Å². The molecule has 0 amide bonds. The number of phenolic OH excluding ortho intramolecular Hbond substituents is 1. The quantitative estimate of drug-likeness (QED) is 0.603. The van der Waals surface area contributed by atoms with Gasteiger partial charge in [0.25, 0.3) is 0 Å². The minimum atomic E-state index is -0.314. The number of hydrogen-bond donors (Lipinski definition) is 1. The van der Waals surface area contributed by atoms with Gasteiger partial charge in [0.2, 0.25) is 0 Å². The highest BCUT2D eigenvalue weighted by molar-refractivity contribution is 6.35. The maximum Gasteiger partial charge on any atom is 0.307 e. The van der Waals surface area contributed by atoms with Crippen molar-refractivity contribution in [3.8, 4) is 5.75 Å². The molecule has 0 saturated carbocycles. The third kappa shape index (κ3) is 6.07. The Labute approximate surface area is 169 Å². The van der Waals surface area contributed by atoms with Crippen molar-refractivity contribution < 1.29 is 24.2 Å². The Morgan fingerprint density at radius 1 is 1.14 bits per heavy atom. The van der Waals surface area contributed by atoms with Crippen LogP contribution in [0.25, 0.3) is 10.9 Å². The molecule has 7 nitrogen and oxygen atoms in total. The number of pyridine rings is 1. The number of halogens is 1. The van der Waals surface area contributed by atoms with E-state index < -0.39 is 0 Å². The van der Waals surface area contributed by atoms with E-state index in [0.717, 1.165) is 0 Å². The van der Waals surface area contributed by atoms with Crippen LogP contribution in [0.3, 0.4) is 0 Å². The zero-order chi connectivity index (χ0) is 20.5. The van der Waals surface area contributed by atoms with Crippen molar-refractivity contribution in [3.05, 3.63) is 35.0 Å². The Morgan fingerprint density at radius 2 is 1.75 bits per heavy atom. The number of fused-ring (bicyclic) bond motifs is 1. The fourth-order valence-corrected chi connectivity index (χ4v) is 3.12. The van der Waals surface area contributed by atoms with Gasteiger partial charge < -0.3 is 14.6 Å². The average Bonchev–Trinajstić information content (AvgIpc) is 2.68. The number of carbonyl (C=O) groups excluding carboxylic acids is 2. The summed E-state index contributed by atoms with van der Waals surface area (Å²) < 4.78 is 9.94. The maximum absolute atomic E-state index is 11.7. The minimum absolute atomic E-state index is 0.0391. The summed E-state index contributed by atoms with van der Waals surface area (Å²) >= 11 is 6.34. The van der Waals surface area contributed by atoms with Crippen LogP contribution in [-0.4, -0.2) is 53.2 Å². The molecule has 0 radical (unpaired) electrons. The number of hydrogen-bond acceptors (Lipinski definition) is 7. The largest absolute Gasteiger partial charge is 0.505 e. The molecule has 0 unspecified atom stereocenters. The summed E-state index contributed by atoms with van der Waals surface area (Å²) in [5, 5.41) is 11.8. The summed E-state index contributed by atoms with van der Waals surface area (Å²) in [6, 6.07) is 5.22. The highest BCUT2D eigenvalue weighted by Crippen LogP contribution is 2.33. The summed E-state index contributed by atoms with van der Waals surface area (Å²) in [4.78, 5) is 29.5. The Balaban J connectivity index is 2.18. The van der Waals surface area contributed by atoms with Gasteiger partial charge in [-0.2, -0.15) is 0 Å². The van der Waals surface area contributed by atoms with Gasteiger partial charge in [-0.05, 0) is 32.0 Å². The molecule has 0 saturated heterocycles. The van der Waals surface area contributed by atoms with Gasteiger partial charge in [0.1, 0.15) is 11.3 Å². The smallest absolute Gasteiger partial charge is 0.307 e. The Morgan fingerprint density at radius 3 is 2.32 bits per heavy atom. The molecule has 2 rings (SSSR count). The maximum atomic E-state index is 11.7. The fraction of sp³-hybridized carbons (Fsp3) is 0.450. The summed E-state index contributed by atoms with van der Waals surface area (Å²) in [7, 11) is 0. The van der Waals surface area contributed by atoms with Crippen LogP contribution in [0.15, 0.2) is 24.4 Å². The molecule has 1 aromatic carbocycles. The van der Waals surface area contributed by atoms with E-state index >= 15 is 0 Å². The molecule has 1 heterocycles. The first-order chi connectivity index (χ1) is 13.5. The topological polar surface area (TPSA) is 89.0 Å². The second-order valence-electron chi connectivity index (χ2n) is 6.15. The first-order valence-electron chi connectivity index (χ1n) is 9.24. The van der Waals surface area contributed by atoms with E-state index in [2.05, 4.69) is 4.98 Å². The standard InChI is InChI=1S/C20H25ClN2O5/c1-3-27-17(24)7-10-23(11-8-18(25)28-4-2)13-14-12-16(21)15-6-5-9-22-19(15)20(14)26/h5-6,9,12,26H,3-4,7-8,10-11,13H2,1-2H3. The van der Waals surface area contributed by atoms with Crippen molar-refractivity contribution >= 4 is 34.4 Å². The molecule has 0 spiro atoms. The van der Waals surface area contributed by atoms with E-state index in [9.17, 15) is 14.7 Å². The Kier molecular flexibility index (Phi) is 8.47. The van der Waals surface area contributed by atoms with Gasteiger partial charge in [-0.25, -0.2) is 0 Å². The van der Waals surface area contributed by atoms with Gasteiger partial charge in [0.15, 0.2) is 0 Å². The van der Waals surface area contributed by atoms with E-state index in [1.54, 1.807) is 38.2 Å². The predicted octanol–water partition coefficient (Wildman–Crippen LogP) is 3.30. The summed E-state index contributed by atoms with van der Waals surface area (Å²) in [6.07, 6.45) is 1.94. The Bertz CT molecular complexity index is 806. The normalized spacial score (nSPS) is 11.0. The molecule has 0 aliphatic heterocycles. The van der Waals surface area contributed by atoms with Crippen molar-refractivity contribution in [1.82, 2.24) is 9.88 Å². The summed E-state index contributed by atoms with van der Waals surface area (Å²) in [5.74, 6) is -0.589. The molecular formula is C20H25ClN2O5. The van der Waals surface area contributed by atoms with Crippen LogP contribution in [0, 0.1) is 0 Å². The number of nitrogens with zero attached hydrogens (tertiary/aromatic N) is 2. The SMILES string of the molecule is CCOC(=O)CCN(CCC(=O)OCC)Cc1cc(Cl)c2cccnc2c1O. The molecule has 1 aromatic heterocycles. The third-order valence-electron chi connectivity index (χ3n) is 4.16. The monoisotopic (exact) mass is 408 g/mol. The van der Waals surface area contributed by atoms with Crippen molar-refractivity contribution in [2.75, 3.05) is 26.3 Å². The molecule has 0 aliphatic rings. The summed E-state index contributed by atoms with van der Waals surface area (Å²) in [6.45, 7) is 5.17. The third-order valence-corrected chi connectivity index (χ3v) is 4.48. The first-order valence-corrected chi connectivity index (χ1v) is 9.62. The van der Waals surface area contributed by atoms with Gasteiger partial charge in [-0.3, -0.25) is 19.5 Å². The van der Waals surface area contributed by atoms with Crippen LogP contribution >= 0.6 is 11.6 Å². The highest BCUT2D eigenvalue weighted by atomic mass is 35.5. The van der Waals surface area contributed by atoms with Crippen LogP contribution in [0.4, 0.5) is 0 Å². The number of aromatic nitrogens is 1. The van der Waals surface area contributed by atoms with Crippen LogP contribution in [-0.2, 0) is 25.6 Å². The number of esters is 2. The number of carbonyl (C=O) groups is 2. The molecule has 0 bridgehead atoms. The zero-order valence-electron chi connectivity index (χ0n) is 16.1. The van der Waals surface area contributed by atoms with Gasteiger partial charge >= 0.3 is 11.9 Å². The molecule has 1 N–H and O–H groups in total. The van der Waals surface area contributed by atoms with E-state index in [1.165, 1.54) is 0 Å². The van der Waals surface area contributed by atoms with Crippen LogP contribution in [0.1, 0.15) is 32.3 Å². The molecule has 2 aromatic rings. The van der Waals surface area contributed by atoms with Crippen molar-refractivity contribution in [2.45, 2.75) is 33.2 Å². The summed E-state index contributed by atoms with van der Waals surface area (Å²) in [5.41, 5.74) is 0.990. The number of phenols is 1. The van der Waals surface area contributed by atoms with Crippen molar-refractivity contribution in [2.24, 2.45) is 0 Å². The van der Waals surface area contributed by atoms with E-state index in [1.807, 2.05) is 4.90 Å². The number of ether oxygens (including phenoxy) is 2. The average molecular weight is 409 g/mol. The lowest BCUT2D eigenvalue weighted by Gasteiger charge is -2.22.